The Kier molecular flexibility index (Phi) is 2.03. The van der Waals surface area contributed by atoms with Crippen molar-refractivity contribution in [3.63, 3.8) is 0 Å². The summed E-state index contributed by atoms with van der Waals surface area (Å²) >= 11 is 0. The van der Waals surface area contributed by atoms with Crippen LogP contribution in [0, 0.1) is 0 Å². The van der Waals surface area contributed by atoms with Crippen molar-refractivity contribution in [3.05, 3.63) is 49.1 Å². The van der Waals surface area contributed by atoms with Crippen molar-refractivity contribution in [1.82, 2.24) is 14.2 Å². The summed E-state index contributed by atoms with van der Waals surface area (Å²) in [7, 11) is 0. The Balaban J connectivity index is 2.10. The number of aromatic nitrogens is 3. The average molecular weight is 211 g/mol. The SMILES string of the molecule is CCn1cc(-c2ccc3cccn3c2)cn1. The zero-order chi connectivity index (χ0) is 11.0. The van der Waals surface area contributed by atoms with Crippen molar-refractivity contribution in [1.29, 1.82) is 0 Å². The van der Waals surface area contributed by atoms with E-state index < -0.39 is 0 Å². The molecule has 0 fully saturated rings. The van der Waals surface area contributed by atoms with Crippen molar-refractivity contribution in [2.75, 3.05) is 0 Å². The topological polar surface area (TPSA) is 22.2 Å². The molecular weight excluding hydrogens is 198 g/mol. The van der Waals surface area contributed by atoms with E-state index >= 15 is 0 Å². The molecule has 16 heavy (non-hydrogen) atoms. The lowest BCUT2D eigenvalue weighted by Gasteiger charge is -1.99. The fourth-order valence-electron chi connectivity index (χ4n) is 1.89. The third-order valence-corrected chi connectivity index (χ3v) is 2.81. The highest BCUT2D eigenvalue weighted by Crippen LogP contribution is 2.19. The summed E-state index contributed by atoms with van der Waals surface area (Å²) in [4.78, 5) is 0. The molecule has 3 aromatic rings. The van der Waals surface area contributed by atoms with Gasteiger partial charge in [-0.05, 0) is 25.1 Å². The smallest absolute Gasteiger partial charge is 0.0568 e. The van der Waals surface area contributed by atoms with Gasteiger partial charge in [0.1, 0.15) is 0 Å². The highest BCUT2D eigenvalue weighted by Gasteiger charge is 2.01. The second-order valence-electron chi connectivity index (χ2n) is 3.84. The quantitative estimate of drug-likeness (QED) is 0.639. The predicted octanol–water partition coefficient (Wildman–Crippen LogP) is 2.82. The van der Waals surface area contributed by atoms with E-state index in [1.54, 1.807) is 0 Å². The lowest BCUT2D eigenvalue weighted by Crippen LogP contribution is -1.92. The number of pyridine rings is 1. The van der Waals surface area contributed by atoms with Crippen LogP contribution in [-0.4, -0.2) is 14.2 Å². The van der Waals surface area contributed by atoms with E-state index in [9.17, 15) is 0 Å². The molecule has 3 rings (SSSR count). The van der Waals surface area contributed by atoms with Gasteiger partial charge in [-0.2, -0.15) is 5.10 Å². The van der Waals surface area contributed by atoms with Crippen molar-refractivity contribution in [2.45, 2.75) is 13.5 Å². The van der Waals surface area contributed by atoms with Crippen LogP contribution in [0.5, 0.6) is 0 Å². The van der Waals surface area contributed by atoms with Gasteiger partial charge in [-0.25, -0.2) is 0 Å². The van der Waals surface area contributed by atoms with Gasteiger partial charge in [-0.1, -0.05) is 6.07 Å². The van der Waals surface area contributed by atoms with Gasteiger partial charge < -0.3 is 4.40 Å². The molecule has 0 N–H and O–H groups in total. The molecular formula is C13H13N3. The van der Waals surface area contributed by atoms with Crippen LogP contribution in [0.4, 0.5) is 0 Å². The molecule has 0 saturated carbocycles. The highest BCUT2D eigenvalue weighted by atomic mass is 15.3. The molecule has 0 unspecified atom stereocenters. The van der Waals surface area contributed by atoms with Crippen LogP contribution in [0.15, 0.2) is 49.1 Å². The van der Waals surface area contributed by atoms with Gasteiger partial charge in [0.2, 0.25) is 0 Å². The Bertz CT molecular complexity index is 619. The summed E-state index contributed by atoms with van der Waals surface area (Å²) in [6.45, 7) is 3.00. The lowest BCUT2D eigenvalue weighted by atomic mass is 10.1. The second kappa shape index (κ2) is 3.52. The molecule has 0 aliphatic rings. The van der Waals surface area contributed by atoms with Crippen molar-refractivity contribution in [2.24, 2.45) is 0 Å². The average Bonchev–Trinajstić information content (AvgIpc) is 2.96. The minimum atomic E-state index is 0.908. The highest BCUT2D eigenvalue weighted by molar-refractivity contribution is 5.64. The van der Waals surface area contributed by atoms with E-state index in [1.165, 1.54) is 11.1 Å². The first kappa shape index (κ1) is 9.21. The van der Waals surface area contributed by atoms with E-state index in [2.05, 4.69) is 59.3 Å². The van der Waals surface area contributed by atoms with E-state index in [0.717, 1.165) is 12.1 Å². The van der Waals surface area contributed by atoms with Gasteiger partial charge >= 0.3 is 0 Å². The van der Waals surface area contributed by atoms with E-state index in [0.29, 0.717) is 0 Å². The maximum Gasteiger partial charge on any atom is 0.0568 e. The molecule has 0 bridgehead atoms. The third-order valence-electron chi connectivity index (χ3n) is 2.81. The number of nitrogens with zero attached hydrogens (tertiary/aromatic N) is 3. The van der Waals surface area contributed by atoms with Gasteiger partial charge in [-0.15, -0.1) is 0 Å². The second-order valence-corrected chi connectivity index (χ2v) is 3.84. The van der Waals surface area contributed by atoms with E-state index in [4.69, 9.17) is 0 Å². The zero-order valence-electron chi connectivity index (χ0n) is 9.17. The lowest BCUT2D eigenvalue weighted by molar-refractivity contribution is 0.660. The van der Waals surface area contributed by atoms with Crippen molar-refractivity contribution in [3.8, 4) is 11.1 Å². The Morgan fingerprint density at radius 3 is 2.88 bits per heavy atom. The van der Waals surface area contributed by atoms with Crippen LogP contribution >= 0.6 is 0 Å². The largest absolute Gasteiger partial charge is 0.323 e. The summed E-state index contributed by atoms with van der Waals surface area (Å²) in [5, 5.41) is 4.29. The van der Waals surface area contributed by atoms with Crippen molar-refractivity contribution >= 4 is 5.52 Å². The Hall–Kier alpha value is -2.03. The van der Waals surface area contributed by atoms with Crippen LogP contribution in [-0.2, 0) is 6.54 Å². The first-order chi connectivity index (χ1) is 7.86. The fourth-order valence-corrected chi connectivity index (χ4v) is 1.89. The molecule has 80 valence electrons. The molecule has 3 aromatic heterocycles. The molecule has 0 spiro atoms. The molecule has 0 atom stereocenters. The number of aryl methyl sites for hydroxylation is 1. The summed E-state index contributed by atoms with van der Waals surface area (Å²) < 4.78 is 4.06. The number of hydrogen-bond donors (Lipinski definition) is 0. The Morgan fingerprint density at radius 2 is 2.06 bits per heavy atom. The molecule has 0 radical (unpaired) electrons. The van der Waals surface area contributed by atoms with Crippen molar-refractivity contribution < 1.29 is 0 Å². The van der Waals surface area contributed by atoms with Gasteiger partial charge in [0, 0.05) is 41.8 Å². The number of fused-ring (bicyclic) bond motifs is 1. The van der Waals surface area contributed by atoms with Crippen LogP contribution in [0.2, 0.25) is 0 Å². The minimum Gasteiger partial charge on any atom is -0.323 e. The molecule has 0 aromatic carbocycles. The summed E-state index contributed by atoms with van der Waals surface area (Å²) in [6, 6.07) is 8.40. The van der Waals surface area contributed by atoms with Crippen LogP contribution < -0.4 is 0 Å². The standard InChI is InChI=1S/C13H13N3/c1-2-16-10-12(8-14-16)11-5-6-13-4-3-7-15(13)9-11/h3-10H,2H2,1H3. The Morgan fingerprint density at radius 1 is 1.12 bits per heavy atom. The molecule has 0 saturated heterocycles. The fraction of sp³-hybridized carbons (Fsp3) is 0.154. The van der Waals surface area contributed by atoms with E-state index in [1.807, 2.05) is 10.9 Å². The molecule has 3 heteroatoms. The van der Waals surface area contributed by atoms with Gasteiger partial charge in [-0.3, -0.25) is 4.68 Å². The molecule has 3 nitrogen and oxygen atoms in total. The minimum absolute atomic E-state index is 0.908. The van der Waals surface area contributed by atoms with E-state index in [-0.39, 0.29) is 0 Å². The summed E-state index contributed by atoms with van der Waals surface area (Å²) in [5.41, 5.74) is 3.58. The predicted molar refractivity (Wildman–Crippen MR) is 64.3 cm³/mol. The van der Waals surface area contributed by atoms with Crippen LogP contribution in [0.25, 0.3) is 16.6 Å². The third kappa shape index (κ3) is 1.41. The number of rotatable bonds is 2. The zero-order valence-corrected chi connectivity index (χ0v) is 9.17. The monoisotopic (exact) mass is 211 g/mol. The first-order valence-corrected chi connectivity index (χ1v) is 5.46. The summed E-state index contributed by atoms with van der Waals surface area (Å²) in [5.74, 6) is 0. The molecule has 0 aliphatic carbocycles. The maximum absolute atomic E-state index is 4.29. The number of hydrogen-bond acceptors (Lipinski definition) is 1. The van der Waals surface area contributed by atoms with Gasteiger partial charge in [0.05, 0.1) is 6.20 Å². The van der Waals surface area contributed by atoms with Crippen LogP contribution in [0.1, 0.15) is 6.92 Å². The van der Waals surface area contributed by atoms with Gasteiger partial charge in [0.25, 0.3) is 0 Å². The van der Waals surface area contributed by atoms with Crippen LogP contribution in [0.3, 0.4) is 0 Å². The summed E-state index contributed by atoms with van der Waals surface area (Å²) in [6.07, 6.45) is 8.17. The Labute approximate surface area is 93.9 Å². The molecule has 0 aliphatic heterocycles. The molecule has 3 heterocycles. The normalized spacial score (nSPS) is 11.1. The van der Waals surface area contributed by atoms with Gasteiger partial charge in [0.15, 0.2) is 0 Å². The molecule has 0 amide bonds. The maximum atomic E-state index is 4.29. The first-order valence-electron chi connectivity index (χ1n) is 5.46.